The lowest BCUT2D eigenvalue weighted by molar-refractivity contribution is 0.280. The number of nitrogens with one attached hydrogen (secondary N) is 1. The Hall–Kier alpha value is -0.680. The van der Waals surface area contributed by atoms with E-state index in [1.807, 2.05) is 0 Å². The molecule has 0 spiro atoms. The zero-order chi connectivity index (χ0) is 14.3. The summed E-state index contributed by atoms with van der Waals surface area (Å²) >= 11 is 6.07. The van der Waals surface area contributed by atoms with Crippen LogP contribution in [0.1, 0.15) is 25.8 Å². The lowest BCUT2D eigenvalue weighted by Crippen LogP contribution is -2.39. The van der Waals surface area contributed by atoms with Gasteiger partial charge in [0.25, 0.3) is 0 Å². The van der Waals surface area contributed by atoms with Gasteiger partial charge in [-0.25, -0.2) is 4.39 Å². The van der Waals surface area contributed by atoms with E-state index >= 15 is 0 Å². The number of hydrazine groups is 1. The highest BCUT2D eigenvalue weighted by Gasteiger charge is 2.12. The van der Waals surface area contributed by atoms with Crippen molar-refractivity contribution in [2.24, 2.45) is 5.84 Å². The first-order chi connectivity index (χ1) is 9.10. The van der Waals surface area contributed by atoms with E-state index in [9.17, 15) is 4.39 Å². The molecule has 1 aromatic rings. The van der Waals surface area contributed by atoms with Gasteiger partial charge in [0.05, 0.1) is 0 Å². The summed E-state index contributed by atoms with van der Waals surface area (Å²) in [4.78, 5) is 2.33. The third-order valence-electron chi connectivity index (χ3n) is 3.40. The smallest absolute Gasteiger partial charge is 0.123 e. The van der Waals surface area contributed by atoms with Gasteiger partial charge in [0, 0.05) is 11.1 Å². The van der Waals surface area contributed by atoms with E-state index < -0.39 is 0 Å². The molecule has 0 amide bonds. The van der Waals surface area contributed by atoms with Crippen LogP contribution in [0.2, 0.25) is 5.02 Å². The maximum Gasteiger partial charge on any atom is 0.123 e. The Morgan fingerprint density at radius 3 is 2.63 bits per heavy atom. The second kappa shape index (κ2) is 8.48. The van der Waals surface area contributed by atoms with E-state index in [0.717, 1.165) is 31.6 Å². The normalized spacial score (nSPS) is 12.9. The van der Waals surface area contributed by atoms with Gasteiger partial charge in [-0.1, -0.05) is 25.4 Å². The quantitative estimate of drug-likeness (QED) is 0.570. The van der Waals surface area contributed by atoms with Crippen molar-refractivity contribution in [3.05, 3.63) is 34.6 Å². The molecule has 0 aliphatic heterocycles. The van der Waals surface area contributed by atoms with Crippen LogP contribution in [0.15, 0.2) is 18.2 Å². The molecule has 0 aromatic heterocycles. The van der Waals surface area contributed by atoms with Gasteiger partial charge in [-0.3, -0.25) is 11.3 Å². The summed E-state index contributed by atoms with van der Waals surface area (Å²) in [6, 6.07) is 4.53. The molecule has 0 aliphatic rings. The highest BCUT2D eigenvalue weighted by Crippen LogP contribution is 2.19. The SMILES string of the molecule is CCN(CC)CCC(Cc1cc(F)ccc1Cl)NN. The largest absolute Gasteiger partial charge is 0.304 e. The average molecular weight is 288 g/mol. The molecule has 1 aromatic carbocycles. The van der Waals surface area contributed by atoms with E-state index in [-0.39, 0.29) is 11.9 Å². The standard InChI is InChI=1S/C14H23ClFN3/c1-3-19(4-2)8-7-13(18-17)10-11-9-12(16)5-6-14(11)15/h5-6,9,13,18H,3-4,7-8,10,17H2,1-2H3. The molecule has 0 saturated carbocycles. The van der Waals surface area contributed by atoms with Crippen molar-refractivity contribution in [1.82, 2.24) is 10.3 Å². The Labute approximate surface area is 119 Å². The first-order valence-electron chi connectivity index (χ1n) is 6.73. The third kappa shape index (κ3) is 5.45. The van der Waals surface area contributed by atoms with Gasteiger partial charge in [-0.15, -0.1) is 0 Å². The van der Waals surface area contributed by atoms with Crippen LogP contribution < -0.4 is 11.3 Å². The highest BCUT2D eigenvalue weighted by molar-refractivity contribution is 6.31. The van der Waals surface area contributed by atoms with Gasteiger partial charge in [0.2, 0.25) is 0 Å². The predicted molar refractivity (Wildman–Crippen MR) is 78.6 cm³/mol. The summed E-state index contributed by atoms with van der Waals surface area (Å²) in [6.07, 6.45) is 1.54. The predicted octanol–water partition coefficient (Wildman–Crippen LogP) is 2.59. The fraction of sp³-hybridized carbons (Fsp3) is 0.571. The summed E-state index contributed by atoms with van der Waals surface area (Å²) < 4.78 is 13.2. The van der Waals surface area contributed by atoms with Gasteiger partial charge in [-0.05, 0) is 56.2 Å². The zero-order valence-electron chi connectivity index (χ0n) is 11.6. The third-order valence-corrected chi connectivity index (χ3v) is 3.77. The molecular weight excluding hydrogens is 265 g/mol. The summed E-state index contributed by atoms with van der Waals surface area (Å²) in [5, 5.41) is 0.587. The van der Waals surface area contributed by atoms with Crippen molar-refractivity contribution in [2.75, 3.05) is 19.6 Å². The highest BCUT2D eigenvalue weighted by atomic mass is 35.5. The number of nitrogens with zero attached hydrogens (tertiary/aromatic N) is 1. The van der Waals surface area contributed by atoms with Gasteiger partial charge < -0.3 is 4.90 Å². The Morgan fingerprint density at radius 1 is 1.37 bits per heavy atom. The van der Waals surface area contributed by atoms with Gasteiger partial charge in [-0.2, -0.15) is 0 Å². The van der Waals surface area contributed by atoms with E-state index in [4.69, 9.17) is 17.4 Å². The molecule has 0 heterocycles. The number of hydrogen-bond acceptors (Lipinski definition) is 3. The fourth-order valence-electron chi connectivity index (χ4n) is 2.09. The monoisotopic (exact) mass is 287 g/mol. The molecule has 3 nitrogen and oxygen atoms in total. The molecule has 19 heavy (non-hydrogen) atoms. The minimum Gasteiger partial charge on any atom is -0.304 e. The van der Waals surface area contributed by atoms with Crippen LogP contribution in [0.3, 0.4) is 0 Å². The minimum absolute atomic E-state index is 0.0971. The van der Waals surface area contributed by atoms with Crippen LogP contribution in [0.5, 0.6) is 0 Å². The summed E-state index contributed by atoms with van der Waals surface area (Å²) in [5.74, 6) is 5.31. The van der Waals surface area contributed by atoms with E-state index in [2.05, 4.69) is 24.2 Å². The number of hydrogen-bond donors (Lipinski definition) is 2. The molecule has 108 valence electrons. The molecule has 0 radical (unpaired) electrons. The topological polar surface area (TPSA) is 41.3 Å². The molecule has 0 aliphatic carbocycles. The van der Waals surface area contributed by atoms with Gasteiger partial charge >= 0.3 is 0 Å². The molecular formula is C14H23ClFN3. The van der Waals surface area contributed by atoms with Crippen molar-refractivity contribution in [2.45, 2.75) is 32.7 Å². The molecule has 1 rings (SSSR count). The lowest BCUT2D eigenvalue weighted by atomic mass is 10.0. The Kier molecular flexibility index (Phi) is 7.31. The molecule has 5 heteroatoms. The summed E-state index contributed by atoms with van der Waals surface area (Å²) in [7, 11) is 0. The lowest BCUT2D eigenvalue weighted by Gasteiger charge is -2.22. The summed E-state index contributed by atoms with van der Waals surface area (Å²) in [6.45, 7) is 7.29. The first-order valence-corrected chi connectivity index (χ1v) is 7.10. The molecule has 0 saturated heterocycles. The summed E-state index contributed by atoms with van der Waals surface area (Å²) in [5.41, 5.74) is 3.59. The maximum absolute atomic E-state index is 13.2. The molecule has 1 unspecified atom stereocenters. The van der Waals surface area contributed by atoms with Crippen molar-refractivity contribution in [3.63, 3.8) is 0 Å². The molecule has 1 atom stereocenters. The van der Waals surface area contributed by atoms with Crippen molar-refractivity contribution < 1.29 is 4.39 Å². The Balaban J connectivity index is 2.58. The molecule has 0 fully saturated rings. The number of benzene rings is 1. The van der Waals surface area contributed by atoms with Crippen LogP contribution in [0, 0.1) is 5.82 Å². The second-order valence-corrected chi connectivity index (χ2v) is 5.03. The average Bonchev–Trinajstić information content (AvgIpc) is 2.42. The van der Waals surface area contributed by atoms with E-state index in [1.165, 1.54) is 12.1 Å². The number of halogens is 2. The van der Waals surface area contributed by atoms with E-state index in [0.29, 0.717) is 11.4 Å². The zero-order valence-corrected chi connectivity index (χ0v) is 12.4. The van der Waals surface area contributed by atoms with Crippen molar-refractivity contribution in [3.8, 4) is 0 Å². The van der Waals surface area contributed by atoms with Crippen LogP contribution in [0.25, 0.3) is 0 Å². The Bertz CT molecular complexity index is 383. The second-order valence-electron chi connectivity index (χ2n) is 4.62. The van der Waals surface area contributed by atoms with Crippen molar-refractivity contribution >= 4 is 11.6 Å². The van der Waals surface area contributed by atoms with Crippen LogP contribution in [-0.4, -0.2) is 30.6 Å². The van der Waals surface area contributed by atoms with Gasteiger partial charge in [0.15, 0.2) is 0 Å². The minimum atomic E-state index is -0.265. The Morgan fingerprint density at radius 2 is 2.05 bits per heavy atom. The van der Waals surface area contributed by atoms with Crippen molar-refractivity contribution in [1.29, 1.82) is 0 Å². The number of rotatable bonds is 8. The molecule has 0 bridgehead atoms. The van der Waals surface area contributed by atoms with Crippen LogP contribution in [-0.2, 0) is 6.42 Å². The first kappa shape index (κ1) is 16.4. The fourth-order valence-corrected chi connectivity index (χ4v) is 2.28. The molecule has 3 N–H and O–H groups in total. The van der Waals surface area contributed by atoms with Crippen LogP contribution >= 0.6 is 11.6 Å². The van der Waals surface area contributed by atoms with Gasteiger partial charge in [0.1, 0.15) is 5.82 Å². The number of nitrogens with two attached hydrogens (primary N) is 1. The van der Waals surface area contributed by atoms with E-state index in [1.54, 1.807) is 6.07 Å². The van der Waals surface area contributed by atoms with Crippen LogP contribution in [0.4, 0.5) is 4.39 Å². The maximum atomic E-state index is 13.2.